The van der Waals surface area contributed by atoms with Gasteiger partial charge in [0.05, 0.1) is 73.4 Å². The van der Waals surface area contributed by atoms with E-state index in [1.807, 2.05) is 100 Å². The van der Waals surface area contributed by atoms with Crippen LogP contribution < -0.4 is 16.0 Å². The fraction of sp³-hybridized carbons (Fsp3) is 0.480. The van der Waals surface area contributed by atoms with Gasteiger partial charge in [-0.2, -0.15) is 0 Å². The van der Waals surface area contributed by atoms with E-state index in [0.29, 0.717) is 16.7 Å². The number of likely N-dealkylation sites (tertiary alicyclic amines) is 1. The molecule has 0 radical (unpaired) electrons. The first-order chi connectivity index (χ1) is 33.4. The number of hydrogen-bond acceptors (Lipinski definition) is 14. The molecule has 0 unspecified atom stereocenters. The lowest BCUT2D eigenvalue weighted by Gasteiger charge is -2.35. The summed E-state index contributed by atoms with van der Waals surface area (Å²) in [5.74, 6) is -0.238. The molecule has 0 spiro atoms. The lowest BCUT2D eigenvalue weighted by atomic mass is 9.85. The molecule has 70 heavy (non-hydrogen) atoms. The van der Waals surface area contributed by atoms with Crippen molar-refractivity contribution >= 4 is 63.6 Å². The molecule has 0 bridgehead atoms. The van der Waals surface area contributed by atoms with Crippen LogP contribution in [0.15, 0.2) is 59.0 Å². The second-order valence-electron chi connectivity index (χ2n) is 18.6. The van der Waals surface area contributed by atoms with Crippen molar-refractivity contribution in [2.45, 2.75) is 98.5 Å². The van der Waals surface area contributed by atoms with Crippen LogP contribution in [-0.2, 0) is 33.4 Å². The van der Waals surface area contributed by atoms with Gasteiger partial charge in [-0.1, -0.05) is 68.8 Å². The smallest absolute Gasteiger partial charge is 0.246 e. The number of benzene rings is 2. The molecule has 5 heterocycles. The van der Waals surface area contributed by atoms with Crippen LogP contribution in [0, 0.1) is 33.1 Å². The quantitative estimate of drug-likeness (QED) is 0.0649. The molecule has 2 aromatic carbocycles. The number of thiophene rings is 1. The Kier molecular flexibility index (Phi) is 17.4. The van der Waals surface area contributed by atoms with Crippen molar-refractivity contribution < 1.29 is 38.5 Å². The van der Waals surface area contributed by atoms with Crippen molar-refractivity contribution in [1.82, 2.24) is 40.6 Å². The Morgan fingerprint density at radius 2 is 1.56 bits per heavy atom. The Balaban J connectivity index is 0.804. The zero-order valence-corrected chi connectivity index (χ0v) is 43.2. The standard InChI is InChI=1S/C50H62ClN9O8S2/c1-28-31(4)70-49-42(28)43(34-13-15-36(51)16-14-34)55-38(46-58-57-32(5)60(46)49)24-40(62)52-17-18-66-19-20-67-21-22-68-26-41(63)56-45(50(6,7)8)48(65)59-25-37(61)23-39(59)47(64)54-29(2)33-9-11-35(12-10-33)44-30(3)53-27-69-44/h9-16,27,29,37-39,45,61H,17-26H2,1-8H3,(H,52,62)(H,54,64)(H,56,63)/t29-,37+,38-,39-,45-/m0/s1. The lowest BCUT2D eigenvalue weighted by molar-refractivity contribution is -0.144. The van der Waals surface area contributed by atoms with Gasteiger partial charge >= 0.3 is 0 Å². The summed E-state index contributed by atoms with van der Waals surface area (Å²) >= 11 is 9.45. The molecule has 20 heteroatoms. The number of nitrogens with zero attached hydrogens (tertiary/aromatic N) is 6. The molecule has 2 aliphatic rings. The molecule has 4 amide bonds. The second-order valence-corrected chi connectivity index (χ2v) is 21.1. The largest absolute Gasteiger partial charge is 0.391 e. The zero-order valence-electron chi connectivity index (χ0n) is 40.8. The number of halogens is 1. The van der Waals surface area contributed by atoms with Gasteiger partial charge in [0.1, 0.15) is 35.6 Å². The third-order valence-electron chi connectivity index (χ3n) is 12.3. The summed E-state index contributed by atoms with van der Waals surface area (Å²) in [5, 5.41) is 29.8. The molecule has 7 rings (SSSR count). The summed E-state index contributed by atoms with van der Waals surface area (Å²) in [6.45, 7) is 16.4. The van der Waals surface area contributed by atoms with Gasteiger partial charge in [0.15, 0.2) is 5.82 Å². The van der Waals surface area contributed by atoms with Crippen LogP contribution in [0.2, 0.25) is 5.02 Å². The number of carbonyl (C=O) groups excluding carboxylic acids is 4. The molecule has 5 atom stereocenters. The van der Waals surface area contributed by atoms with Gasteiger partial charge in [-0.15, -0.1) is 32.9 Å². The van der Waals surface area contributed by atoms with E-state index in [2.05, 4.69) is 45.0 Å². The molecule has 0 aliphatic carbocycles. The van der Waals surface area contributed by atoms with Gasteiger partial charge in [-0.05, 0) is 68.9 Å². The third-order valence-corrected chi connectivity index (χ3v) is 14.8. The maximum atomic E-state index is 14.0. The number of β-amino-alcohol motifs (C(OH)–C–C–N with tert-alkyl or cyclic N) is 1. The van der Waals surface area contributed by atoms with Crippen molar-refractivity contribution in [3.8, 4) is 15.4 Å². The number of carbonyl (C=O) groups is 4. The average Bonchev–Trinajstić information content (AvgIpc) is 4.09. The highest BCUT2D eigenvalue weighted by Gasteiger charge is 2.45. The van der Waals surface area contributed by atoms with Gasteiger partial charge in [0.25, 0.3) is 0 Å². The summed E-state index contributed by atoms with van der Waals surface area (Å²) in [4.78, 5) is 67.1. The first kappa shape index (κ1) is 52.4. The number of aliphatic hydroxyl groups is 1. The Labute approximate surface area is 421 Å². The fourth-order valence-corrected chi connectivity index (χ4v) is 10.6. The number of fused-ring (bicyclic) bond motifs is 3. The first-order valence-corrected chi connectivity index (χ1v) is 25.4. The molecule has 17 nitrogen and oxygen atoms in total. The number of rotatable bonds is 20. The van der Waals surface area contributed by atoms with E-state index in [1.54, 1.807) is 22.7 Å². The Morgan fingerprint density at radius 1 is 0.886 bits per heavy atom. The number of aromatic nitrogens is 4. The predicted octanol–water partition coefficient (Wildman–Crippen LogP) is 6.16. The summed E-state index contributed by atoms with van der Waals surface area (Å²) in [7, 11) is 0. The van der Waals surface area contributed by atoms with Crippen molar-refractivity contribution in [2.24, 2.45) is 10.4 Å². The highest BCUT2D eigenvalue weighted by atomic mass is 35.5. The summed E-state index contributed by atoms with van der Waals surface area (Å²) in [6, 6.07) is 12.6. The normalized spacial score (nSPS) is 17.5. The lowest BCUT2D eigenvalue weighted by Crippen LogP contribution is -2.58. The second kappa shape index (κ2) is 23.2. The van der Waals surface area contributed by atoms with E-state index in [-0.39, 0.29) is 83.4 Å². The fourth-order valence-electron chi connectivity index (χ4n) is 8.47. The number of hydrogen-bond donors (Lipinski definition) is 4. The highest BCUT2D eigenvalue weighted by Crippen LogP contribution is 2.40. The monoisotopic (exact) mass is 1020 g/mol. The van der Waals surface area contributed by atoms with E-state index in [1.165, 1.54) is 4.90 Å². The molecule has 2 aliphatic heterocycles. The predicted molar refractivity (Wildman–Crippen MR) is 270 cm³/mol. The van der Waals surface area contributed by atoms with Gasteiger partial charge in [-0.3, -0.25) is 28.7 Å². The Hall–Kier alpha value is -5.41. The summed E-state index contributed by atoms with van der Waals surface area (Å²) in [5.41, 5.74) is 7.75. The van der Waals surface area contributed by atoms with Crippen LogP contribution in [0.4, 0.5) is 0 Å². The maximum Gasteiger partial charge on any atom is 0.246 e. The number of thiazole rings is 1. The van der Waals surface area contributed by atoms with E-state index in [4.69, 9.17) is 30.8 Å². The number of aliphatic hydroxyl groups excluding tert-OH is 1. The summed E-state index contributed by atoms with van der Waals surface area (Å²) in [6.07, 6.45) is -0.753. The minimum Gasteiger partial charge on any atom is -0.391 e. The third kappa shape index (κ3) is 12.5. The topological polar surface area (TPSA) is 211 Å². The van der Waals surface area contributed by atoms with E-state index < -0.39 is 41.5 Å². The van der Waals surface area contributed by atoms with E-state index in [9.17, 15) is 24.3 Å². The molecular weight excluding hydrogens is 954 g/mol. The maximum absolute atomic E-state index is 14.0. The van der Waals surface area contributed by atoms with Crippen molar-refractivity contribution in [1.29, 1.82) is 0 Å². The van der Waals surface area contributed by atoms with Gasteiger partial charge in [0.2, 0.25) is 23.6 Å². The van der Waals surface area contributed by atoms with Crippen molar-refractivity contribution in [3.05, 3.63) is 104 Å². The van der Waals surface area contributed by atoms with Crippen LogP contribution >= 0.6 is 34.3 Å². The molecular formula is C50H62ClN9O8S2. The molecule has 374 valence electrons. The van der Waals surface area contributed by atoms with Crippen molar-refractivity contribution in [3.63, 3.8) is 0 Å². The number of nitrogens with one attached hydrogen (secondary N) is 3. The van der Waals surface area contributed by atoms with Crippen molar-refractivity contribution in [2.75, 3.05) is 52.7 Å². The number of aliphatic imine (C=N–C) groups is 1. The Bertz CT molecular complexity index is 2680. The number of aryl methyl sites for hydroxylation is 3. The minimum absolute atomic E-state index is 0.0337. The first-order valence-electron chi connectivity index (χ1n) is 23.4. The van der Waals surface area contributed by atoms with Gasteiger partial charge in [0, 0.05) is 40.5 Å². The number of amides is 4. The van der Waals surface area contributed by atoms with Crippen LogP contribution in [0.3, 0.4) is 0 Å². The highest BCUT2D eigenvalue weighted by molar-refractivity contribution is 7.15. The molecule has 1 fully saturated rings. The van der Waals surface area contributed by atoms with Crippen LogP contribution in [0.1, 0.15) is 97.1 Å². The SMILES string of the molecule is Cc1ncsc1-c1ccc([C@H](C)NC(=O)[C@@H]2C[C@@H](O)CN2C(=O)[C@H](NC(=O)COCCOCCOCCNC(=O)C[C@@H]2N=C(c3ccc(Cl)cc3)c3c(sc(C)c3C)-n3c(C)nnc32)C(C)(C)C)cc1. The summed E-state index contributed by atoms with van der Waals surface area (Å²) < 4.78 is 18.9. The van der Waals surface area contributed by atoms with E-state index in [0.717, 1.165) is 54.0 Å². The van der Waals surface area contributed by atoms with Gasteiger partial charge in [-0.25, -0.2) is 4.98 Å². The van der Waals surface area contributed by atoms with Crippen LogP contribution in [-0.4, -0.2) is 130 Å². The molecule has 5 aromatic rings. The van der Waals surface area contributed by atoms with Crippen LogP contribution in [0.25, 0.3) is 15.4 Å². The minimum atomic E-state index is -0.991. The number of ether oxygens (including phenoxy) is 3. The van der Waals surface area contributed by atoms with E-state index >= 15 is 0 Å². The average molecular weight is 1020 g/mol. The molecule has 3 aromatic heterocycles. The Morgan fingerprint density at radius 3 is 2.23 bits per heavy atom. The zero-order chi connectivity index (χ0) is 50.3. The molecule has 1 saturated heterocycles. The van der Waals surface area contributed by atoms with Gasteiger partial charge < -0.3 is 40.2 Å². The molecule has 4 N–H and O–H groups in total. The molecule has 0 saturated carbocycles. The van der Waals surface area contributed by atoms with Crippen LogP contribution in [0.5, 0.6) is 0 Å².